The summed E-state index contributed by atoms with van der Waals surface area (Å²) in [7, 11) is 0. The number of carbonyl (C=O) groups is 1. The second-order valence-corrected chi connectivity index (χ2v) is 4.56. The highest BCUT2D eigenvalue weighted by Crippen LogP contribution is 2.33. The Morgan fingerprint density at radius 3 is 3.00 bits per heavy atom. The van der Waals surface area contributed by atoms with Crippen LogP contribution in [0.5, 0.6) is 0 Å². The van der Waals surface area contributed by atoms with Crippen molar-refractivity contribution >= 4 is 5.91 Å². The molecule has 0 radical (unpaired) electrons. The van der Waals surface area contributed by atoms with Crippen LogP contribution in [-0.4, -0.2) is 25.0 Å². The van der Waals surface area contributed by atoms with E-state index in [1.807, 2.05) is 0 Å². The fourth-order valence-corrected chi connectivity index (χ4v) is 2.25. The lowest BCUT2D eigenvalue weighted by Gasteiger charge is -2.21. The number of hydrogen-bond acceptors (Lipinski definition) is 2. The van der Waals surface area contributed by atoms with Gasteiger partial charge in [0.15, 0.2) is 0 Å². The lowest BCUT2D eigenvalue weighted by atomic mass is 9.99. The molecule has 0 aromatic heterocycles. The number of amides is 1. The summed E-state index contributed by atoms with van der Waals surface area (Å²) in [5.41, 5.74) is 0. The van der Waals surface area contributed by atoms with Gasteiger partial charge in [-0.2, -0.15) is 0 Å². The lowest BCUT2D eigenvalue weighted by Crippen LogP contribution is -2.41. The van der Waals surface area contributed by atoms with E-state index in [-0.39, 0.29) is 11.8 Å². The standard InChI is InChI=1S/C11H20N2O/c1-2-8-6-10(8)13-11(14)9-4-3-5-12-7-9/h8-10,12H,2-7H2,1H3,(H,13,14)/t8?,9-,10?/m1/s1. The molecule has 1 aliphatic heterocycles. The molecule has 80 valence electrons. The maximum atomic E-state index is 11.8. The lowest BCUT2D eigenvalue weighted by molar-refractivity contribution is -0.125. The third-order valence-corrected chi connectivity index (χ3v) is 3.44. The number of nitrogens with one attached hydrogen (secondary N) is 2. The minimum absolute atomic E-state index is 0.224. The molecule has 2 unspecified atom stereocenters. The second-order valence-electron chi connectivity index (χ2n) is 4.56. The van der Waals surface area contributed by atoms with Crippen molar-refractivity contribution in [2.45, 2.75) is 38.6 Å². The van der Waals surface area contributed by atoms with Crippen molar-refractivity contribution in [2.24, 2.45) is 11.8 Å². The predicted molar refractivity (Wildman–Crippen MR) is 55.9 cm³/mol. The Hall–Kier alpha value is -0.570. The summed E-state index contributed by atoms with van der Waals surface area (Å²) in [5, 5.41) is 6.42. The van der Waals surface area contributed by atoms with E-state index in [1.165, 1.54) is 12.8 Å². The van der Waals surface area contributed by atoms with Crippen molar-refractivity contribution in [3.8, 4) is 0 Å². The van der Waals surface area contributed by atoms with Gasteiger partial charge < -0.3 is 10.6 Å². The molecule has 0 aromatic rings. The monoisotopic (exact) mass is 196 g/mol. The van der Waals surface area contributed by atoms with Crippen molar-refractivity contribution in [1.82, 2.24) is 10.6 Å². The highest BCUT2D eigenvalue weighted by atomic mass is 16.2. The Balaban J connectivity index is 1.72. The fourth-order valence-electron chi connectivity index (χ4n) is 2.25. The highest BCUT2D eigenvalue weighted by molar-refractivity contribution is 5.79. The van der Waals surface area contributed by atoms with Gasteiger partial charge in [0.05, 0.1) is 5.92 Å². The van der Waals surface area contributed by atoms with Crippen LogP contribution in [-0.2, 0) is 4.79 Å². The summed E-state index contributed by atoms with van der Waals surface area (Å²) in [4.78, 5) is 11.8. The zero-order valence-corrected chi connectivity index (χ0v) is 8.88. The molecule has 1 saturated heterocycles. The molecule has 2 fully saturated rings. The van der Waals surface area contributed by atoms with Gasteiger partial charge in [-0.05, 0) is 31.7 Å². The van der Waals surface area contributed by atoms with Gasteiger partial charge >= 0.3 is 0 Å². The molecule has 0 aromatic carbocycles. The number of hydrogen-bond donors (Lipinski definition) is 2. The summed E-state index contributed by atoms with van der Waals surface area (Å²) >= 11 is 0. The van der Waals surface area contributed by atoms with Crippen LogP contribution in [0.4, 0.5) is 0 Å². The van der Waals surface area contributed by atoms with Gasteiger partial charge in [-0.15, -0.1) is 0 Å². The molecular formula is C11H20N2O. The molecule has 3 heteroatoms. The molecule has 0 bridgehead atoms. The summed E-state index contributed by atoms with van der Waals surface area (Å²) in [6.07, 6.45) is 4.60. The van der Waals surface area contributed by atoms with Crippen molar-refractivity contribution in [3.05, 3.63) is 0 Å². The fraction of sp³-hybridized carbons (Fsp3) is 0.909. The Labute approximate surface area is 85.6 Å². The van der Waals surface area contributed by atoms with E-state index in [2.05, 4.69) is 17.6 Å². The van der Waals surface area contributed by atoms with E-state index in [9.17, 15) is 4.79 Å². The molecule has 3 atom stereocenters. The van der Waals surface area contributed by atoms with E-state index in [0.29, 0.717) is 6.04 Å². The first kappa shape index (κ1) is 9.97. The molecule has 2 aliphatic rings. The first-order valence-electron chi connectivity index (χ1n) is 5.82. The average Bonchev–Trinajstić information content (AvgIpc) is 2.98. The second kappa shape index (κ2) is 4.30. The van der Waals surface area contributed by atoms with Crippen LogP contribution in [0.2, 0.25) is 0 Å². The van der Waals surface area contributed by atoms with Gasteiger partial charge in [-0.3, -0.25) is 4.79 Å². The van der Waals surface area contributed by atoms with Crippen LogP contribution in [0, 0.1) is 11.8 Å². The maximum absolute atomic E-state index is 11.8. The minimum atomic E-state index is 0.224. The van der Waals surface area contributed by atoms with E-state index in [4.69, 9.17) is 0 Å². The first-order chi connectivity index (χ1) is 6.81. The quantitative estimate of drug-likeness (QED) is 0.704. The molecule has 0 spiro atoms. The number of piperidine rings is 1. The number of carbonyl (C=O) groups excluding carboxylic acids is 1. The molecule has 2 rings (SSSR count). The normalized spacial score (nSPS) is 36.5. The molecular weight excluding hydrogens is 176 g/mol. The van der Waals surface area contributed by atoms with Crippen LogP contribution >= 0.6 is 0 Å². The van der Waals surface area contributed by atoms with Crippen LogP contribution in [0.15, 0.2) is 0 Å². The molecule has 1 saturated carbocycles. The summed E-state index contributed by atoms with van der Waals surface area (Å²) in [6, 6.07) is 0.495. The van der Waals surface area contributed by atoms with E-state index >= 15 is 0 Å². The largest absolute Gasteiger partial charge is 0.353 e. The van der Waals surface area contributed by atoms with Gasteiger partial charge in [0.1, 0.15) is 0 Å². The molecule has 1 heterocycles. The Morgan fingerprint density at radius 2 is 2.43 bits per heavy atom. The SMILES string of the molecule is CCC1CC1NC(=O)[C@@H]1CCCNC1. The average molecular weight is 196 g/mol. The molecule has 2 N–H and O–H groups in total. The van der Waals surface area contributed by atoms with E-state index in [1.54, 1.807) is 0 Å². The van der Waals surface area contributed by atoms with Crippen LogP contribution < -0.4 is 10.6 Å². The first-order valence-corrected chi connectivity index (χ1v) is 5.82. The van der Waals surface area contributed by atoms with Gasteiger partial charge in [-0.1, -0.05) is 13.3 Å². The highest BCUT2D eigenvalue weighted by Gasteiger charge is 2.37. The smallest absolute Gasteiger partial charge is 0.224 e. The van der Waals surface area contributed by atoms with Crippen molar-refractivity contribution in [3.63, 3.8) is 0 Å². The zero-order valence-electron chi connectivity index (χ0n) is 8.88. The molecule has 14 heavy (non-hydrogen) atoms. The van der Waals surface area contributed by atoms with Gasteiger partial charge in [0.25, 0.3) is 0 Å². The Kier molecular flexibility index (Phi) is 3.06. The van der Waals surface area contributed by atoms with Gasteiger partial charge in [0.2, 0.25) is 5.91 Å². The Morgan fingerprint density at radius 1 is 1.57 bits per heavy atom. The van der Waals surface area contributed by atoms with Crippen LogP contribution in [0.25, 0.3) is 0 Å². The van der Waals surface area contributed by atoms with Crippen molar-refractivity contribution in [1.29, 1.82) is 0 Å². The summed E-state index contributed by atoms with van der Waals surface area (Å²) in [5.74, 6) is 1.26. The van der Waals surface area contributed by atoms with Gasteiger partial charge in [-0.25, -0.2) is 0 Å². The number of rotatable bonds is 3. The third kappa shape index (κ3) is 2.27. The summed E-state index contributed by atoms with van der Waals surface area (Å²) in [6.45, 7) is 4.14. The van der Waals surface area contributed by atoms with Gasteiger partial charge in [0, 0.05) is 12.6 Å². The third-order valence-electron chi connectivity index (χ3n) is 3.44. The van der Waals surface area contributed by atoms with E-state index < -0.39 is 0 Å². The minimum Gasteiger partial charge on any atom is -0.353 e. The molecule has 1 aliphatic carbocycles. The topological polar surface area (TPSA) is 41.1 Å². The molecule has 3 nitrogen and oxygen atoms in total. The predicted octanol–water partition coefficient (Wildman–Crippen LogP) is 0.901. The summed E-state index contributed by atoms with van der Waals surface area (Å²) < 4.78 is 0. The van der Waals surface area contributed by atoms with E-state index in [0.717, 1.165) is 31.8 Å². The van der Waals surface area contributed by atoms with Crippen molar-refractivity contribution in [2.75, 3.05) is 13.1 Å². The zero-order chi connectivity index (χ0) is 9.97. The van der Waals surface area contributed by atoms with Crippen LogP contribution in [0.3, 0.4) is 0 Å². The molecule has 1 amide bonds. The van der Waals surface area contributed by atoms with Crippen LogP contribution in [0.1, 0.15) is 32.6 Å². The maximum Gasteiger partial charge on any atom is 0.224 e. The van der Waals surface area contributed by atoms with Crippen molar-refractivity contribution < 1.29 is 4.79 Å². The Bertz CT molecular complexity index is 211.